The summed E-state index contributed by atoms with van der Waals surface area (Å²) in [6, 6.07) is 8.02. The third kappa shape index (κ3) is 3.91. The molecular weight excluding hydrogens is 294 g/mol. The Bertz CT molecular complexity index is 630. The Morgan fingerprint density at radius 3 is 2.64 bits per heavy atom. The zero-order valence-corrected chi connectivity index (χ0v) is 13.7. The van der Waals surface area contributed by atoms with Gasteiger partial charge in [-0.1, -0.05) is 60.4 Å². The number of aryl methyl sites for hydroxylation is 1. The molecule has 116 valence electrons. The number of hydrogen-bond acceptors (Lipinski definition) is 4. The van der Waals surface area contributed by atoms with Gasteiger partial charge in [0.1, 0.15) is 5.01 Å². The van der Waals surface area contributed by atoms with Gasteiger partial charge in [-0.2, -0.15) is 0 Å². The average molecular weight is 315 g/mol. The normalized spacial score (nSPS) is 15.7. The second-order valence-corrected chi connectivity index (χ2v) is 7.00. The highest BCUT2D eigenvalue weighted by molar-refractivity contribution is 7.15. The van der Waals surface area contributed by atoms with Crippen LogP contribution in [0.25, 0.3) is 0 Å². The number of amides is 1. The number of anilines is 1. The fourth-order valence-electron chi connectivity index (χ4n) is 2.85. The Balaban J connectivity index is 1.57. The Kier molecular flexibility index (Phi) is 4.83. The number of nitrogens with one attached hydrogen (secondary N) is 1. The molecule has 2 aromatic rings. The highest BCUT2D eigenvalue weighted by atomic mass is 32.1. The van der Waals surface area contributed by atoms with Gasteiger partial charge >= 0.3 is 0 Å². The zero-order valence-electron chi connectivity index (χ0n) is 12.8. The summed E-state index contributed by atoms with van der Waals surface area (Å²) in [7, 11) is 0. The lowest BCUT2D eigenvalue weighted by atomic mass is 9.90. The van der Waals surface area contributed by atoms with E-state index in [0.717, 1.165) is 10.6 Å². The van der Waals surface area contributed by atoms with E-state index in [0.29, 0.717) is 17.5 Å². The van der Waals surface area contributed by atoms with Gasteiger partial charge in [0.25, 0.3) is 0 Å². The maximum atomic E-state index is 12.1. The number of carbonyl (C=O) groups is 1. The largest absolute Gasteiger partial charge is 0.300 e. The highest BCUT2D eigenvalue weighted by Gasteiger charge is 2.20. The number of aromatic nitrogens is 2. The predicted molar refractivity (Wildman–Crippen MR) is 89.2 cm³/mol. The van der Waals surface area contributed by atoms with Crippen molar-refractivity contribution in [2.75, 3.05) is 5.32 Å². The second kappa shape index (κ2) is 7.01. The fourth-order valence-corrected chi connectivity index (χ4v) is 3.78. The number of carbonyl (C=O) groups excluding carboxylic acids is 1. The molecule has 1 aromatic heterocycles. The van der Waals surface area contributed by atoms with Crippen LogP contribution in [0.1, 0.15) is 54.2 Å². The van der Waals surface area contributed by atoms with Crippen LogP contribution in [0.4, 0.5) is 5.13 Å². The number of hydrogen-bond donors (Lipinski definition) is 1. The van der Waals surface area contributed by atoms with Gasteiger partial charge in [0.15, 0.2) is 0 Å². The van der Waals surface area contributed by atoms with E-state index in [1.807, 2.05) is 31.2 Å². The van der Waals surface area contributed by atoms with Gasteiger partial charge in [0.2, 0.25) is 11.0 Å². The summed E-state index contributed by atoms with van der Waals surface area (Å²) in [5.41, 5.74) is 2.21. The van der Waals surface area contributed by atoms with Gasteiger partial charge in [0, 0.05) is 5.92 Å². The van der Waals surface area contributed by atoms with Crippen LogP contribution in [-0.4, -0.2) is 16.1 Å². The van der Waals surface area contributed by atoms with Crippen LogP contribution in [0.2, 0.25) is 0 Å². The number of nitrogens with zero attached hydrogens (tertiary/aromatic N) is 2. The third-order valence-corrected chi connectivity index (χ3v) is 5.13. The molecule has 1 saturated carbocycles. The molecule has 0 bridgehead atoms. The quantitative estimate of drug-likeness (QED) is 0.925. The van der Waals surface area contributed by atoms with E-state index in [1.54, 1.807) is 0 Å². The van der Waals surface area contributed by atoms with Gasteiger partial charge in [-0.05, 0) is 25.3 Å². The van der Waals surface area contributed by atoms with E-state index in [1.165, 1.54) is 49.0 Å². The summed E-state index contributed by atoms with van der Waals surface area (Å²) in [4.78, 5) is 12.1. The first-order valence-corrected chi connectivity index (χ1v) is 8.71. The lowest BCUT2D eigenvalue weighted by Gasteiger charge is -2.18. The summed E-state index contributed by atoms with van der Waals surface area (Å²) >= 11 is 1.53. The molecule has 0 aliphatic heterocycles. The van der Waals surface area contributed by atoms with Crippen molar-refractivity contribution in [3.63, 3.8) is 0 Å². The van der Waals surface area contributed by atoms with Gasteiger partial charge in [0.05, 0.1) is 6.42 Å². The maximum absolute atomic E-state index is 12.1. The SMILES string of the molecule is Cc1ccc(CC(=O)Nc2nnc(C3CCCCC3)s2)cc1. The average Bonchev–Trinajstić information content (AvgIpc) is 2.99. The van der Waals surface area contributed by atoms with Crippen molar-refractivity contribution in [2.24, 2.45) is 0 Å². The first-order valence-electron chi connectivity index (χ1n) is 7.89. The van der Waals surface area contributed by atoms with Crippen LogP contribution in [0.5, 0.6) is 0 Å². The molecule has 1 fully saturated rings. The minimum Gasteiger partial charge on any atom is -0.300 e. The minimum atomic E-state index is -0.0322. The zero-order chi connectivity index (χ0) is 15.4. The molecule has 1 amide bonds. The van der Waals surface area contributed by atoms with Crippen molar-refractivity contribution in [1.29, 1.82) is 0 Å². The third-order valence-electron chi connectivity index (χ3n) is 4.13. The van der Waals surface area contributed by atoms with Crippen molar-refractivity contribution in [3.05, 3.63) is 40.4 Å². The van der Waals surface area contributed by atoms with E-state index < -0.39 is 0 Å². The Morgan fingerprint density at radius 2 is 1.91 bits per heavy atom. The van der Waals surface area contributed by atoms with Crippen LogP contribution >= 0.6 is 11.3 Å². The van der Waals surface area contributed by atoms with Crippen molar-refractivity contribution in [2.45, 2.75) is 51.4 Å². The van der Waals surface area contributed by atoms with Crippen LogP contribution < -0.4 is 5.32 Å². The molecular formula is C17H21N3OS. The van der Waals surface area contributed by atoms with Crippen LogP contribution in [0, 0.1) is 6.92 Å². The van der Waals surface area contributed by atoms with Gasteiger partial charge < -0.3 is 5.32 Å². The van der Waals surface area contributed by atoms with E-state index in [-0.39, 0.29) is 5.91 Å². The molecule has 1 N–H and O–H groups in total. The summed E-state index contributed by atoms with van der Waals surface area (Å²) in [5.74, 6) is 0.504. The lowest BCUT2D eigenvalue weighted by molar-refractivity contribution is -0.115. The molecule has 3 rings (SSSR count). The van der Waals surface area contributed by atoms with E-state index in [2.05, 4.69) is 15.5 Å². The molecule has 22 heavy (non-hydrogen) atoms. The molecule has 0 spiro atoms. The van der Waals surface area contributed by atoms with Crippen molar-refractivity contribution < 1.29 is 4.79 Å². The molecule has 0 atom stereocenters. The van der Waals surface area contributed by atoms with E-state index >= 15 is 0 Å². The number of rotatable bonds is 4. The summed E-state index contributed by atoms with van der Waals surface area (Å²) < 4.78 is 0. The molecule has 4 nitrogen and oxygen atoms in total. The van der Waals surface area contributed by atoms with Crippen LogP contribution in [-0.2, 0) is 11.2 Å². The molecule has 0 saturated heterocycles. The van der Waals surface area contributed by atoms with Gasteiger partial charge in [-0.25, -0.2) is 0 Å². The monoisotopic (exact) mass is 315 g/mol. The molecule has 1 aliphatic rings. The van der Waals surface area contributed by atoms with Crippen molar-refractivity contribution in [1.82, 2.24) is 10.2 Å². The van der Waals surface area contributed by atoms with Gasteiger partial charge in [-0.15, -0.1) is 10.2 Å². The first kappa shape index (κ1) is 15.2. The molecule has 1 aromatic carbocycles. The maximum Gasteiger partial charge on any atom is 0.230 e. The van der Waals surface area contributed by atoms with Gasteiger partial charge in [-0.3, -0.25) is 4.79 Å². The smallest absolute Gasteiger partial charge is 0.230 e. The Morgan fingerprint density at radius 1 is 1.18 bits per heavy atom. The van der Waals surface area contributed by atoms with Crippen LogP contribution in [0.3, 0.4) is 0 Å². The fraction of sp³-hybridized carbons (Fsp3) is 0.471. The Hall–Kier alpha value is -1.75. The second-order valence-electron chi connectivity index (χ2n) is 5.99. The van der Waals surface area contributed by atoms with E-state index in [4.69, 9.17) is 0 Å². The number of benzene rings is 1. The standard InChI is InChI=1S/C17H21N3OS/c1-12-7-9-13(10-8-12)11-15(21)18-17-20-19-16(22-17)14-5-3-2-4-6-14/h7-10,14H,2-6,11H2,1H3,(H,18,20,21). The molecule has 0 radical (unpaired) electrons. The summed E-state index contributed by atoms with van der Waals surface area (Å²) in [5, 5.41) is 13.0. The molecule has 5 heteroatoms. The molecule has 1 heterocycles. The lowest BCUT2D eigenvalue weighted by Crippen LogP contribution is -2.14. The predicted octanol–water partition coefficient (Wildman–Crippen LogP) is 4.08. The van der Waals surface area contributed by atoms with Crippen LogP contribution in [0.15, 0.2) is 24.3 Å². The minimum absolute atomic E-state index is 0.0322. The molecule has 0 unspecified atom stereocenters. The summed E-state index contributed by atoms with van der Waals surface area (Å²) in [6.45, 7) is 2.04. The van der Waals surface area contributed by atoms with Crippen molar-refractivity contribution in [3.8, 4) is 0 Å². The molecule has 1 aliphatic carbocycles. The first-order chi connectivity index (χ1) is 10.7. The Labute approximate surface area is 135 Å². The topological polar surface area (TPSA) is 54.9 Å². The van der Waals surface area contributed by atoms with Crippen molar-refractivity contribution >= 4 is 22.4 Å². The highest BCUT2D eigenvalue weighted by Crippen LogP contribution is 2.35. The summed E-state index contributed by atoms with van der Waals surface area (Å²) in [6.07, 6.45) is 6.66. The van der Waals surface area contributed by atoms with E-state index in [9.17, 15) is 4.79 Å².